The second-order valence-electron chi connectivity index (χ2n) is 7.00. The number of ether oxygens (including phenoxy) is 1. The van der Waals surface area contributed by atoms with Crippen LogP contribution >= 0.6 is 0 Å². The van der Waals surface area contributed by atoms with Gasteiger partial charge in [-0.2, -0.15) is 0 Å². The topological polar surface area (TPSA) is 95.9 Å². The molecule has 1 aliphatic carbocycles. The average molecular weight is 346 g/mol. The number of hydrogen-bond acceptors (Lipinski definition) is 6. The molecule has 1 saturated carbocycles. The van der Waals surface area contributed by atoms with E-state index in [1.807, 2.05) is 4.90 Å². The van der Waals surface area contributed by atoms with Crippen molar-refractivity contribution >= 4 is 17.8 Å². The molecule has 2 aliphatic heterocycles. The van der Waals surface area contributed by atoms with E-state index in [2.05, 4.69) is 9.97 Å². The SMILES string of the molecule is O=C(O)C1CC(=O)N(CC2CC2)C1c1cnc(N2CCOCC2)nc1. The van der Waals surface area contributed by atoms with E-state index >= 15 is 0 Å². The zero-order valence-corrected chi connectivity index (χ0v) is 14.0. The van der Waals surface area contributed by atoms with Crippen LogP contribution in [0.3, 0.4) is 0 Å². The lowest BCUT2D eigenvalue weighted by Crippen LogP contribution is -2.37. The second-order valence-corrected chi connectivity index (χ2v) is 7.00. The zero-order valence-electron chi connectivity index (χ0n) is 14.0. The molecule has 3 aliphatic rings. The Kier molecular flexibility index (Phi) is 4.29. The van der Waals surface area contributed by atoms with Crippen molar-refractivity contribution in [3.05, 3.63) is 18.0 Å². The van der Waals surface area contributed by atoms with E-state index in [1.165, 1.54) is 0 Å². The Morgan fingerprint density at radius 3 is 2.52 bits per heavy atom. The van der Waals surface area contributed by atoms with Crippen LogP contribution in [0.2, 0.25) is 0 Å². The largest absolute Gasteiger partial charge is 0.481 e. The summed E-state index contributed by atoms with van der Waals surface area (Å²) in [6.07, 6.45) is 5.63. The molecular formula is C17H22N4O4. The Morgan fingerprint density at radius 1 is 1.24 bits per heavy atom. The molecule has 3 fully saturated rings. The molecule has 1 aromatic heterocycles. The third-order valence-electron chi connectivity index (χ3n) is 5.19. The van der Waals surface area contributed by atoms with Gasteiger partial charge in [0.15, 0.2) is 0 Å². The number of likely N-dealkylation sites (tertiary alicyclic amines) is 1. The molecule has 1 N–H and O–H groups in total. The fourth-order valence-electron chi connectivity index (χ4n) is 3.63. The number of amides is 1. The van der Waals surface area contributed by atoms with Gasteiger partial charge < -0.3 is 19.6 Å². The van der Waals surface area contributed by atoms with Gasteiger partial charge >= 0.3 is 5.97 Å². The van der Waals surface area contributed by atoms with Gasteiger partial charge in [0.05, 0.1) is 25.2 Å². The van der Waals surface area contributed by atoms with E-state index in [0.29, 0.717) is 37.2 Å². The molecular weight excluding hydrogens is 324 g/mol. The molecule has 1 aromatic rings. The number of morpholine rings is 1. The Labute approximate surface area is 145 Å². The van der Waals surface area contributed by atoms with Crippen molar-refractivity contribution in [1.82, 2.24) is 14.9 Å². The minimum Gasteiger partial charge on any atom is -0.481 e. The average Bonchev–Trinajstić information content (AvgIpc) is 3.39. The maximum atomic E-state index is 12.4. The zero-order chi connectivity index (χ0) is 17.4. The summed E-state index contributed by atoms with van der Waals surface area (Å²) < 4.78 is 5.33. The summed E-state index contributed by atoms with van der Waals surface area (Å²) in [6.45, 7) is 3.43. The van der Waals surface area contributed by atoms with Crippen molar-refractivity contribution in [2.24, 2.45) is 11.8 Å². The molecule has 25 heavy (non-hydrogen) atoms. The molecule has 0 spiro atoms. The van der Waals surface area contributed by atoms with E-state index < -0.39 is 17.9 Å². The van der Waals surface area contributed by atoms with Crippen LogP contribution in [0.15, 0.2) is 12.4 Å². The van der Waals surface area contributed by atoms with Gasteiger partial charge in [-0.1, -0.05) is 0 Å². The lowest BCUT2D eigenvalue weighted by Gasteiger charge is -2.29. The quantitative estimate of drug-likeness (QED) is 0.838. The molecule has 8 nitrogen and oxygen atoms in total. The number of rotatable bonds is 5. The van der Waals surface area contributed by atoms with Crippen LogP contribution in [0.4, 0.5) is 5.95 Å². The van der Waals surface area contributed by atoms with Gasteiger partial charge in [-0.15, -0.1) is 0 Å². The number of carbonyl (C=O) groups is 2. The summed E-state index contributed by atoms with van der Waals surface area (Å²) in [4.78, 5) is 36.6. The van der Waals surface area contributed by atoms with E-state index in [-0.39, 0.29) is 12.3 Å². The van der Waals surface area contributed by atoms with E-state index in [0.717, 1.165) is 25.9 Å². The molecule has 0 aromatic carbocycles. The number of carbonyl (C=O) groups excluding carboxylic acids is 1. The van der Waals surface area contributed by atoms with Gasteiger partial charge in [-0.25, -0.2) is 9.97 Å². The maximum Gasteiger partial charge on any atom is 0.309 e. The summed E-state index contributed by atoms with van der Waals surface area (Å²) in [5, 5.41) is 9.55. The molecule has 0 radical (unpaired) electrons. The van der Waals surface area contributed by atoms with Crippen LogP contribution < -0.4 is 4.90 Å². The lowest BCUT2D eigenvalue weighted by molar-refractivity contribution is -0.142. The molecule has 8 heteroatoms. The number of nitrogens with zero attached hydrogens (tertiary/aromatic N) is 4. The second kappa shape index (κ2) is 6.59. The van der Waals surface area contributed by atoms with Crippen LogP contribution in [0.25, 0.3) is 0 Å². The number of carboxylic acids is 1. The van der Waals surface area contributed by atoms with Gasteiger partial charge in [-0.05, 0) is 18.8 Å². The van der Waals surface area contributed by atoms with Crippen molar-refractivity contribution in [2.45, 2.75) is 25.3 Å². The molecule has 134 valence electrons. The first-order valence-electron chi connectivity index (χ1n) is 8.80. The predicted molar refractivity (Wildman–Crippen MR) is 88.0 cm³/mol. The van der Waals surface area contributed by atoms with Crippen molar-refractivity contribution in [1.29, 1.82) is 0 Å². The number of aliphatic carboxylic acids is 1. The summed E-state index contributed by atoms with van der Waals surface area (Å²) in [5.74, 6) is -0.621. The third kappa shape index (κ3) is 3.30. The van der Waals surface area contributed by atoms with Gasteiger partial charge in [0.25, 0.3) is 0 Å². The van der Waals surface area contributed by atoms with Gasteiger partial charge in [0.2, 0.25) is 11.9 Å². The first kappa shape index (κ1) is 16.3. The number of carboxylic acid groups (broad SMARTS) is 1. The fourth-order valence-corrected chi connectivity index (χ4v) is 3.63. The fraction of sp³-hybridized carbons (Fsp3) is 0.647. The monoisotopic (exact) mass is 346 g/mol. The first-order chi connectivity index (χ1) is 12.1. The van der Waals surface area contributed by atoms with Gasteiger partial charge in [0.1, 0.15) is 0 Å². The summed E-state index contributed by atoms with van der Waals surface area (Å²) >= 11 is 0. The molecule has 1 amide bonds. The highest BCUT2D eigenvalue weighted by Crippen LogP contribution is 2.41. The summed E-state index contributed by atoms with van der Waals surface area (Å²) in [7, 11) is 0. The van der Waals surface area contributed by atoms with E-state index in [9.17, 15) is 14.7 Å². The Balaban J connectivity index is 1.57. The predicted octanol–water partition coefficient (Wildman–Crippen LogP) is 0.697. The number of hydrogen-bond donors (Lipinski definition) is 1. The van der Waals surface area contributed by atoms with E-state index in [4.69, 9.17) is 4.74 Å². The van der Waals surface area contributed by atoms with Crippen molar-refractivity contribution in [2.75, 3.05) is 37.7 Å². The summed E-state index contributed by atoms with van der Waals surface area (Å²) in [6, 6.07) is -0.468. The molecule has 3 heterocycles. The third-order valence-corrected chi connectivity index (χ3v) is 5.19. The molecule has 2 saturated heterocycles. The molecule has 2 atom stereocenters. The smallest absolute Gasteiger partial charge is 0.309 e. The normalized spacial score (nSPS) is 27.0. The first-order valence-corrected chi connectivity index (χ1v) is 8.80. The molecule has 2 unspecified atom stereocenters. The minimum atomic E-state index is -0.936. The van der Waals surface area contributed by atoms with Crippen LogP contribution in [-0.2, 0) is 14.3 Å². The minimum absolute atomic E-state index is 0.0535. The van der Waals surface area contributed by atoms with Crippen LogP contribution in [-0.4, -0.2) is 64.7 Å². The van der Waals surface area contributed by atoms with Crippen LogP contribution in [0.1, 0.15) is 30.9 Å². The Hall–Kier alpha value is -2.22. The standard InChI is InChI=1S/C17H22N4O4/c22-14-7-13(16(23)24)15(21(14)10-11-1-2-11)12-8-18-17(19-9-12)20-3-5-25-6-4-20/h8-9,11,13,15H,1-7,10H2,(H,23,24). The Bertz CT molecular complexity index is 655. The van der Waals surface area contributed by atoms with E-state index in [1.54, 1.807) is 17.3 Å². The maximum absolute atomic E-state index is 12.4. The highest BCUT2D eigenvalue weighted by Gasteiger charge is 2.46. The molecule has 4 rings (SSSR count). The lowest BCUT2D eigenvalue weighted by atomic mass is 9.95. The molecule has 0 bridgehead atoms. The van der Waals surface area contributed by atoms with Gasteiger partial charge in [-0.3, -0.25) is 9.59 Å². The van der Waals surface area contributed by atoms with Crippen molar-refractivity contribution in [3.8, 4) is 0 Å². The van der Waals surface area contributed by atoms with Crippen molar-refractivity contribution < 1.29 is 19.4 Å². The summed E-state index contributed by atoms with van der Waals surface area (Å²) in [5.41, 5.74) is 0.705. The van der Waals surface area contributed by atoms with Gasteiger partial charge in [0, 0.05) is 44.0 Å². The highest BCUT2D eigenvalue weighted by atomic mass is 16.5. The van der Waals surface area contributed by atoms with Crippen molar-refractivity contribution in [3.63, 3.8) is 0 Å². The van der Waals surface area contributed by atoms with Crippen LogP contribution in [0, 0.1) is 11.8 Å². The number of aromatic nitrogens is 2. The number of anilines is 1. The highest BCUT2D eigenvalue weighted by molar-refractivity contribution is 5.87. The van der Waals surface area contributed by atoms with Crippen LogP contribution in [0.5, 0.6) is 0 Å². The Morgan fingerprint density at radius 2 is 1.92 bits per heavy atom.